The molecule has 0 spiro atoms. The molecular weight excluding hydrogens is 224 g/mol. The van der Waals surface area contributed by atoms with Crippen LogP contribution in [0, 0.1) is 0 Å². The highest BCUT2D eigenvalue weighted by Gasteiger charge is 2.41. The number of amides is 2. The average molecular weight is 240 g/mol. The molecule has 0 N–H and O–H groups in total. The lowest BCUT2D eigenvalue weighted by Crippen LogP contribution is -2.54. The summed E-state index contributed by atoms with van der Waals surface area (Å²) in [5.74, 6) is -0.698. The molecule has 0 radical (unpaired) electrons. The maximum Gasteiger partial charge on any atom is 0.349 e. The Morgan fingerprint density at radius 1 is 1.12 bits per heavy atom. The lowest BCUT2D eigenvalue weighted by atomic mass is 10.3. The minimum atomic E-state index is -0.856. The van der Waals surface area contributed by atoms with E-state index < -0.39 is 12.1 Å². The first-order valence-corrected chi connectivity index (χ1v) is 5.82. The summed E-state index contributed by atoms with van der Waals surface area (Å²) < 4.78 is 4.71. The number of rotatable bonds is 3. The highest BCUT2D eigenvalue weighted by atomic mass is 16.5. The first-order valence-electron chi connectivity index (χ1n) is 5.82. The standard InChI is InChI=1S/C11H16N2O4/c1-17-11(16)10(12-6-2-4-8(12)14)13-7-3-5-9(13)15/h10H,2-7H2,1H3. The van der Waals surface area contributed by atoms with Crippen molar-refractivity contribution in [2.24, 2.45) is 0 Å². The summed E-state index contributed by atoms with van der Waals surface area (Å²) in [4.78, 5) is 38.0. The van der Waals surface area contributed by atoms with Gasteiger partial charge < -0.3 is 14.5 Å². The third kappa shape index (κ3) is 2.11. The fraction of sp³-hybridized carbons (Fsp3) is 0.727. The van der Waals surface area contributed by atoms with Crippen molar-refractivity contribution in [1.29, 1.82) is 0 Å². The van der Waals surface area contributed by atoms with E-state index in [0.29, 0.717) is 25.9 Å². The summed E-state index contributed by atoms with van der Waals surface area (Å²) in [6, 6.07) is 0. The van der Waals surface area contributed by atoms with Crippen molar-refractivity contribution in [2.45, 2.75) is 31.8 Å². The Balaban J connectivity index is 2.21. The molecule has 2 aliphatic rings. The van der Waals surface area contributed by atoms with E-state index in [2.05, 4.69) is 0 Å². The van der Waals surface area contributed by atoms with E-state index in [-0.39, 0.29) is 11.8 Å². The van der Waals surface area contributed by atoms with Gasteiger partial charge in [-0.15, -0.1) is 0 Å². The Kier molecular flexibility index (Phi) is 3.31. The number of carbonyl (C=O) groups is 3. The number of nitrogens with zero attached hydrogens (tertiary/aromatic N) is 2. The summed E-state index contributed by atoms with van der Waals surface area (Å²) in [6.45, 7) is 1.03. The van der Waals surface area contributed by atoms with Crippen LogP contribution in [0.2, 0.25) is 0 Å². The second-order valence-electron chi connectivity index (χ2n) is 4.28. The number of carbonyl (C=O) groups excluding carboxylic acids is 3. The normalized spacial score (nSPS) is 20.6. The molecule has 0 aromatic rings. The first-order chi connectivity index (χ1) is 8.15. The van der Waals surface area contributed by atoms with Gasteiger partial charge in [-0.2, -0.15) is 0 Å². The average Bonchev–Trinajstić information content (AvgIpc) is 2.90. The van der Waals surface area contributed by atoms with Crippen LogP contribution < -0.4 is 0 Å². The minimum absolute atomic E-state index is 0.0832. The van der Waals surface area contributed by atoms with E-state index in [1.807, 2.05) is 0 Å². The quantitative estimate of drug-likeness (QED) is 0.637. The summed E-state index contributed by atoms with van der Waals surface area (Å²) >= 11 is 0. The Hall–Kier alpha value is -1.59. The zero-order valence-electron chi connectivity index (χ0n) is 9.85. The molecular formula is C11H16N2O4. The molecule has 2 amide bonds. The van der Waals surface area contributed by atoms with Gasteiger partial charge in [0.1, 0.15) is 0 Å². The molecule has 94 valence electrons. The number of methoxy groups -OCH3 is 1. The van der Waals surface area contributed by atoms with Gasteiger partial charge in [-0.25, -0.2) is 4.79 Å². The summed E-state index contributed by atoms with van der Waals surface area (Å²) in [7, 11) is 1.27. The Morgan fingerprint density at radius 2 is 1.59 bits per heavy atom. The van der Waals surface area contributed by atoms with Gasteiger partial charge in [-0.1, -0.05) is 0 Å². The number of hydrogen-bond acceptors (Lipinski definition) is 4. The summed E-state index contributed by atoms with van der Waals surface area (Å²) in [5, 5.41) is 0. The third-order valence-corrected chi connectivity index (χ3v) is 3.22. The van der Waals surface area contributed by atoms with E-state index in [1.165, 1.54) is 16.9 Å². The second-order valence-corrected chi connectivity index (χ2v) is 4.28. The zero-order chi connectivity index (χ0) is 12.4. The molecule has 6 nitrogen and oxygen atoms in total. The maximum absolute atomic E-state index is 11.8. The second kappa shape index (κ2) is 4.73. The van der Waals surface area contributed by atoms with Gasteiger partial charge in [0.05, 0.1) is 7.11 Å². The maximum atomic E-state index is 11.8. The zero-order valence-corrected chi connectivity index (χ0v) is 9.85. The van der Waals surface area contributed by atoms with Crippen LogP contribution in [0.3, 0.4) is 0 Å². The van der Waals surface area contributed by atoms with Crippen molar-refractivity contribution in [1.82, 2.24) is 9.80 Å². The number of ether oxygens (including phenoxy) is 1. The van der Waals surface area contributed by atoms with Crippen molar-refractivity contribution in [2.75, 3.05) is 20.2 Å². The molecule has 0 atom stereocenters. The van der Waals surface area contributed by atoms with Gasteiger partial charge in [0.2, 0.25) is 18.0 Å². The Morgan fingerprint density at radius 3 is 1.88 bits per heavy atom. The molecule has 2 fully saturated rings. The molecule has 2 saturated heterocycles. The van der Waals surface area contributed by atoms with Crippen LogP contribution >= 0.6 is 0 Å². The molecule has 0 bridgehead atoms. The number of hydrogen-bond donors (Lipinski definition) is 0. The lowest BCUT2D eigenvalue weighted by molar-refractivity contribution is -0.163. The van der Waals surface area contributed by atoms with Crippen LogP contribution in [0.25, 0.3) is 0 Å². The van der Waals surface area contributed by atoms with Gasteiger partial charge in [0.25, 0.3) is 0 Å². The highest BCUT2D eigenvalue weighted by molar-refractivity contribution is 5.90. The Bertz CT molecular complexity index is 329. The van der Waals surface area contributed by atoms with Crippen molar-refractivity contribution in [3.63, 3.8) is 0 Å². The molecule has 2 heterocycles. The van der Waals surface area contributed by atoms with E-state index in [9.17, 15) is 14.4 Å². The van der Waals surface area contributed by atoms with Gasteiger partial charge in [0.15, 0.2) is 0 Å². The van der Waals surface area contributed by atoms with Crippen molar-refractivity contribution < 1.29 is 19.1 Å². The molecule has 6 heteroatoms. The molecule has 0 aromatic heterocycles. The Labute approximate surface area is 99.5 Å². The summed E-state index contributed by atoms with van der Waals surface area (Å²) in [6.07, 6.45) is 1.48. The van der Waals surface area contributed by atoms with Crippen LogP contribution in [-0.2, 0) is 19.1 Å². The number of likely N-dealkylation sites (tertiary alicyclic amines) is 2. The van der Waals surface area contributed by atoms with Gasteiger partial charge in [-0.3, -0.25) is 9.59 Å². The van der Waals surface area contributed by atoms with Crippen LogP contribution in [-0.4, -0.2) is 53.9 Å². The van der Waals surface area contributed by atoms with Crippen molar-refractivity contribution in [3.05, 3.63) is 0 Å². The molecule has 2 rings (SSSR count). The van der Waals surface area contributed by atoms with Crippen LogP contribution in [0.4, 0.5) is 0 Å². The largest absolute Gasteiger partial charge is 0.466 e. The molecule has 0 unspecified atom stereocenters. The predicted octanol–water partition coefficient (Wildman–Crippen LogP) is -0.270. The third-order valence-electron chi connectivity index (χ3n) is 3.22. The highest BCUT2D eigenvalue weighted by Crippen LogP contribution is 2.22. The fourth-order valence-electron chi connectivity index (χ4n) is 2.38. The smallest absolute Gasteiger partial charge is 0.349 e. The predicted molar refractivity (Wildman–Crippen MR) is 57.7 cm³/mol. The first kappa shape index (κ1) is 11.9. The number of esters is 1. The van der Waals surface area contributed by atoms with Gasteiger partial charge in [0, 0.05) is 25.9 Å². The van der Waals surface area contributed by atoms with Crippen LogP contribution in [0.1, 0.15) is 25.7 Å². The fourth-order valence-corrected chi connectivity index (χ4v) is 2.38. The van der Waals surface area contributed by atoms with Crippen molar-refractivity contribution in [3.8, 4) is 0 Å². The molecule has 0 aromatic carbocycles. The van der Waals surface area contributed by atoms with E-state index in [0.717, 1.165) is 12.8 Å². The summed E-state index contributed by atoms with van der Waals surface area (Å²) in [5.41, 5.74) is 0. The van der Waals surface area contributed by atoms with Crippen LogP contribution in [0.15, 0.2) is 0 Å². The van der Waals surface area contributed by atoms with Crippen molar-refractivity contribution >= 4 is 17.8 Å². The monoisotopic (exact) mass is 240 g/mol. The lowest BCUT2D eigenvalue weighted by Gasteiger charge is -2.32. The topological polar surface area (TPSA) is 66.9 Å². The minimum Gasteiger partial charge on any atom is -0.466 e. The molecule has 0 aliphatic carbocycles. The van der Waals surface area contributed by atoms with Gasteiger partial charge >= 0.3 is 5.97 Å². The van der Waals surface area contributed by atoms with E-state index in [4.69, 9.17) is 4.74 Å². The van der Waals surface area contributed by atoms with E-state index in [1.54, 1.807) is 0 Å². The van der Waals surface area contributed by atoms with E-state index >= 15 is 0 Å². The van der Waals surface area contributed by atoms with Gasteiger partial charge in [-0.05, 0) is 12.8 Å². The molecule has 17 heavy (non-hydrogen) atoms. The van der Waals surface area contributed by atoms with Crippen LogP contribution in [0.5, 0.6) is 0 Å². The molecule has 0 saturated carbocycles. The SMILES string of the molecule is COC(=O)C(N1CCCC1=O)N1CCCC1=O. The molecule has 2 aliphatic heterocycles.